The van der Waals surface area contributed by atoms with Crippen molar-refractivity contribution in [2.75, 3.05) is 12.4 Å². The molecule has 0 saturated carbocycles. The van der Waals surface area contributed by atoms with Gasteiger partial charge in [0.15, 0.2) is 0 Å². The number of benzene rings is 2. The molecule has 0 atom stereocenters. The molecular weight excluding hydrogens is 218 g/mol. The molecule has 1 heteroatoms. The molecule has 0 saturated heterocycles. The summed E-state index contributed by atoms with van der Waals surface area (Å²) < 4.78 is 0. The summed E-state index contributed by atoms with van der Waals surface area (Å²) in [6.07, 6.45) is 5.19. The van der Waals surface area contributed by atoms with E-state index < -0.39 is 0 Å². The number of aryl methyl sites for hydroxylation is 2. The number of fused-ring (bicyclic) bond motifs is 1. The van der Waals surface area contributed by atoms with Crippen molar-refractivity contribution in [3.63, 3.8) is 0 Å². The van der Waals surface area contributed by atoms with Crippen LogP contribution in [-0.4, -0.2) is 7.05 Å². The van der Waals surface area contributed by atoms with Crippen LogP contribution in [0.1, 0.15) is 24.0 Å². The van der Waals surface area contributed by atoms with Crippen LogP contribution < -0.4 is 5.32 Å². The Labute approximate surface area is 109 Å². The summed E-state index contributed by atoms with van der Waals surface area (Å²) in [6.45, 7) is 0. The van der Waals surface area contributed by atoms with Crippen LogP contribution in [0.3, 0.4) is 0 Å². The number of hydrogen-bond acceptors (Lipinski definition) is 1. The Morgan fingerprint density at radius 3 is 2.44 bits per heavy atom. The van der Waals surface area contributed by atoms with Crippen molar-refractivity contribution < 1.29 is 0 Å². The second kappa shape index (κ2) is 4.85. The molecule has 1 aliphatic rings. The molecule has 92 valence electrons. The summed E-state index contributed by atoms with van der Waals surface area (Å²) in [6, 6.07) is 15.6. The van der Waals surface area contributed by atoms with E-state index in [2.05, 4.69) is 47.8 Å². The Bertz CT molecular complexity index is 557. The van der Waals surface area contributed by atoms with Gasteiger partial charge in [-0.05, 0) is 60.1 Å². The number of anilines is 1. The quantitative estimate of drug-likeness (QED) is 0.822. The first-order valence-corrected chi connectivity index (χ1v) is 6.77. The third-order valence-electron chi connectivity index (χ3n) is 3.83. The minimum Gasteiger partial charge on any atom is -0.388 e. The van der Waals surface area contributed by atoms with Gasteiger partial charge >= 0.3 is 0 Å². The Kier molecular flexibility index (Phi) is 3.06. The molecule has 18 heavy (non-hydrogen) atoms. The van der Waals surface area contributed by atoms with Crippen molar-refractivity contribution in [3.05, 3.63) is 53.6 Å². The molecule has 0 bridgehead atoms. The zero-order valence-electron chi connectivity index (χ0n) is 10.9. The predicted octanol–water partition coefficient (Wildman–Crippen LogP) is 4.27. The average molecular weight is 237 g/mol. The smallest absolute Gasteiger partial charge is 0.0343 e. The first-order valence-electron chi connectivity index (χ1n) is 6.77. The highest BCUT2D eigenvalue weighted by Crippen LogP contribution is 2.28. The van der Waals surface area contributed by atoms with Crippen LogP contribution in [-0.2, 0) is 12.8 Å². The summed E-state index contributed by atoms with van der Waals surface area (Å²) in [5.41, 5.74) is 6.91. The van der Waals surface area contributed by atoms with Crippen LogP contribution in [0.15, 0.2) is 42.5 Å². The molecule has 0 radical (unpaired) electrons. The summed E-state index contributed by atoms with van der Waals surface area (Å²) in [5.74, 6) is 0. The van der Waals surface area contributed by atoms with Crippen LogP contribution in [0.5, 0.6) is 0 Å². The van der Waals surface area contributed by atoms with Crippen molar-refractivity contribution in [2.45, 2.75) is 25.7 Å². The molecule has 0 aliphatic heterocycles. The lowest BCUT2D eigenvalue weighted by Gasteiger charge is -2.16. The third-order valence-corrected chi connectivity index (χ3v) is 3.83. The van der Waals surface area contributed by atoms with Gasteiger partial charge in [0.25, 0.3) is 0 Å². The summed E-state index contributed by atoms with van der Waals surface area (Å²) >= 11 is 0. The van der Waals surface area contributed by atoms with Gasteiger partial charge in [-0.3, -0.25) is 0 Å². The number of nitrogens with one attached hydrogen (secondary N) is 1. The number of rotatable bonds is 2. The van der Waals surface area contributed by atoms with Crippen LogP contribution in [0.25, 0.3) is 11.1 Å². The molecule has 2 aromatic carbocycles. The molecule has 0 heterocycles. The van der Waals surface area contributed by atoms with Gasteiger partial charge in [0.05, 0.1) is 0 Å². The van der Waals surface area contributed by atoms with Gasteiger partial charge in [0, 0.05) is 12.7 Å². The van der Waals surface area contributed by atoms with Gasteiger partial charge in [0.1, 0.15) is 0 Å². The van der Waals surface area contributed by atoms with Gasteiger partial charge in [-0.25, -0.2) is 0 Å². The van der Waals surface area contributed by atoms with Gasteiger partial charge in [-0.15, -0.1) is 0 Å². The van der Waals surface area contributed by atoms with E-state index in [0.717, 1.165) is 0 Å². The van der Waals surface area contributed by atoms with Crippen LogP contribution >= 0.6 is 0 Å². The largest absolute Gasteiger partial charge is 0.388 e. The lowest BCUT2D eigenvalue weighted by Crippen LogP contribution is -2.02. The topological polar surface area (TPSA) is 12.0 Å². The fourth-order valence-electron chi connectivity index (χ4n) is 2.77. The Morgan fingerprint density at radius 2 is 1.61 bits per heavy atom. The second-order valence-electron chi connectivity index (χ2n) is 5.02. The minimum atomic E-state index is 1.17. The zero-order valence-corrected chi connectivity index (χ0v) is 10.9. The van der Waals surface area contributed by atoms with E-state index in [-0.39, 0.29) is 0 Å². The summed E-state index contributed by atoms with van der Waals surface area (Å²) in [4.78, 5) is 0. The standard InChI is InChI=1S/C17H19N/c1-18-17-8-4-7-15(12-17)16-10-9-13-5-2-3-6-14(13)11-16/h4,7-12,18H,2-3,5-6H2,1H3. The fourth-order valence-corrected chi connectivity index (χ4v) is 2.77. The lowest BCUT2D eigenvalue weighted by atomic mass is 9.89. The van der Waals surface area contributed by atoms with Gasteiger partial charge in [-0.2, -0.15) is 0 Å². The maximum absolute atomic E-state index is 3.20. The molecule has 2 aromatic rings. The fraction of sp³-hybridized carbons (Fsp3) is 0.294. The van der Waals surface area contributed by atoms with E-state index >= 15 is 0 Å². The maximum Gasteiger partial charge on any atom is 0.0343 e. The molecule has 0 amide bonds. The van der Waals surface area contributed by atoms with Crippen molar-refractivity contribution in [1.82, 2.24) is 0 Å². The van der Waals surface area contributed by atoms with E-state index in [1.54, 1.807) is 11.1 Å². The SMILES string of the molecule is CNc1cccc(-c2ccc3c(c2)CCCC3)c1. The van der Waals surface area contributed by atoms with Crippen molar-refractivity contribution in [2.24, 2.45) is 0 Å². The molecule has 0 unspecified atom stereocenters. The second-order valence-corrected chi connectivity index (χ2v) is 5.02. The van der Waals surface area contributed by atoms with E-state index in [0.29, 0.717) is 0 Å². The maximum atomic E-state index is 3.20. The predicted molar refractivity (Wildman–Crippen MR) is 78.1 cm³/mol. The van der Waals surface area contributed by atoms with Crippen LogP contribution in [0.2, 0.25) is 0 Å². The molecule has 0 fully saturated rings. The molecule has 1 N–H and O–H groups in total. The Hall–Kier alpha value is -1.76. The summed E-state index contributed by atoms with van der Waals surface area (Å²) in [5, 5.41) is 3.20. The van der Waals surface area contributed by atoms with Gasteiger partial charge in [0.2, 0.25) is 0 Å². The van der Waals surface area contributed by atoms with E-state index in [4.69, 9.17) is 0 Å². The molecule has 0 aromatic heterocycles. The first-order chi connectivity index (χ1) is 8.86. The van der Waals surface area contributed by atoms with Crippen LogP contribution in [0.4, 0.5) is 5.69 Å². The molecule has 0 spiro atoms. The van der Waals surface area contributed by atoms with Gasteiger partial charge in [-0.1, -0.05) is 30.3 Å². The minimum absolute atomic E-state index is 1.17. The van der Waals surface area contributed by atoms with Gasteiger partial charge < -0.3 is 5.32 Å². The monoisotopic (exact) mass is 237 g/mol. The highest BCUT2D eigenvalue weighted by molar-refractivity contribution is 5.69. The molecule has 3 rings (SSSR count). The van der Waals surface area contributed by atoms with Crippen molar-refractivity contribution in [3.8, 4) is 11.1 Å². The average Bonchev–Trinajstić information content (AvgIpc) is 2.47. The number of hydrogen-bond donors (Lipinski definition) is 1. The molecular formula is C17H19N. The lowest BCUT2D eigenvalue weighted by molar-refractivity contribution is 0.686. The highest BCUT2D eigenvalue weighted by atomic mass is 14.8. The van der Waals surface area contributed by atoms with Crippen molar-refractivity contribution in [1.29, 1.82) is 0 Å². The van der Waals surface area contributed by atoms with Crippen LogP contribution in [0, 0.1) is 0 Å². The summed E-state index contributed by atoms with van der Waals surface area (Å²) in [7, 11) is 1.96. The Morgan fingerprint density at radius 1 is 0.833 bits per heavy atom. The highest BCUT2D eigenvalue weighted by Gasteiger charge is 2.10. The molecule has 1 nitrogen and oxygen atoms in total. The first kappa shape index (κ1) is 11.3. The van der Waals surface area contributed by atoms with Crippen molar-refractivity contribution >= 4 is 5.69 Å². The normalized spacial score (nSPS) is 14.1. The van der Waals surface area contributed by atoms with E-state index in [1.807, 2.05) is 7.05 Å². The zero-order chi connectivity index (χ0) is 12.4. The van der Waals surface area contributed by atoms with E-state index in [9.17, 15) is 0 Å². The molecule has 1 aliphatic carbocycles. The Balaban J connectivity index is 2.00. The third kappa shape index (κ3) is 2.13. The van der Waals surface area contributed by atoms with E-state index in [1.165, 1.54) is 42.5 Å².